The first-order valence-electron chi connectivity index (χ1n) is 10.5. The summed E-state index contributed by atoms with van der Waals surface area (Å²) in [5.74, 6) is -1.55. The van der Waals surface area contributed by atoms with E-state index >= 15 is 4.39 Å². The number of aromatic nitrogens is 1. The lowest BCUT2D eigenvalue weighted by molar-refractivity contribution is -0.269. The molecule has 0 aliphatic carbocycles. The maximum absolute atomic E-state index is 15.1. The maximum Gasteiger partial charge on any atom is 0.428 e. The third-order valence-corrected chi connectivity index (χ3v) is 6.64. The molecule has 2 aliphatic heterocycles. The Labute approximate surface area is 205 Å². The van der Waals surface area contributed by atoms with E-state index < -0.39 is 69.3 Å². The van der Waals surface area contributed by atoms with Crippen molar-refractivity contribution >= 4 is 21.4 Å². The fourth-order valence-electron chi connectivity index (χ4n) is 3.94. The molecule has 1 amide bonds. The summed E-state index contributed by atoms with van der Waals surface area (Å²) in [6.45, 7) is -0.908. The van der Waals surface area contributed by atoms with Gasteiger partial charge < -0.3 is 4.90 Å². The van der Waals surface area contributed by atoms with Gasteiger partial charge in [-0.3, -0.25) is 20.1 Å². The van der Waals surface area contributed by atoms with Crippen molar-refractivity contribution in [2.75, 3.05) is 25.1 Å². The van der Waals surface area contributed by atoms with Crippen molar-refractivity contribution in [3.63, 3.8) is 0 Å². The van der Waals surface area contributed by atoms with Gasteiger partial charge in [0.05, 0.1) is 30.0 Å². The molecule has 2 aromatic rings. The van der Waals surface area contributed by atoms with Gasteiger partial charge in [0.1, 0.15) is 5.75 Å². The molecule has 3 heterocycles. The molecule has 1 aromatic heterocycles. The predicted octanol–water partition coefficient (Wildman–Crippen LogP) is 3.49. The lowest BCUT2D eigenvalue weighted by Gasteiger charge is -2.43. The number of hydrogen-bond acceptors (Lipinski definition) is 6. The topological polar surface area (TPSA) is 88.6 Å². The van der Waals surface area contributed by atoms with Gasteiger partial charge >= 0.3 is 12.4 Å². The Bertz CT molecular complexity index is 1350. The number of carbonyl (C=O) groups excluding carboxylic acids is 1. The molecule has 2 aliphatic rings. The molecule has 0 radical (unpaired) electrons. The minimum Gasteiger partial charge on any atom is -0.334 e. The fraction of sp³-hybridized carbons (Fsp3) is 0.364. The number of benzene rings is 1. The lowest BCUT2D eigenvalue weighted by atomic mass is 9.90. The van der Waals surface area contributed by atoms with Gasteiger partial charge in [-0.15, -0.1) is 0 Å². The van der Waals surface area contributed by atoms with E-state index in [1.165, 1.54) is 12.1 Å². The van der Waals surface area contributed by atoms with Crippen LogP contribution in [0.15, 0.2) is 48.7 Å². The monoisotopic (exact) mass is 553 g/mol. The van der Waals surface area contributed by atoms with Crippen molar-refractivity contribution in [3.8, 4) is 0 Å². The highest BCUT2D eigenvalue weighted by Gasteiger charge is 2.60. The number of rotatable bonds is 5. The van der Waals surface area contributed by atoms with Gasteiger partial charge in [-0.05, 0) is 30.3 Å². The Balaban J connectivity index is 1.58. The number of hydroxylamine groups is 1. The molecule has 7 nitrogen and oxygen atoms in total. The van der Waals surface area contributed by atoms with Gasteiger partial charge in [-0.1, -0.05) is 12.1 Å². The Hall–Kier alpha value is -3.20. The molecule has 4 rings (SSSR count). The van der Waals surface area contributed by atoms with E-state index in [4.69, 9.17) is 4.84 Å². The molecule has 1 saturated heterocycles. The minimum atomic E-state index is -5.16. The van der Waals surface area contributed by atoms with Crippen LogP contribution in [-0.2, 0) is 36.9 Å². The van der Waals surface area contributed by atoms with Crippen LogP contribution in [-0.4, -0.2) is 55.5 Å². The van der Waals surface area contributed by atoms with Crippen LogP contribution >= 0.6 is 0 Å². The predicted molar refractivity (Wildman–Crippen MR) is 115 cm³/mol. The van der Waals surface area contributed by atoms with Gasteiger partial charge in [0.15, 0.2) is 15.5 Å². The van der Waals surface area contributed by atoms with Crippen LogP contribution in [0.5, 0.6) is 0 Å². The average molecular weight is 553 g/mol. The van der Waals surface area contributed by atoms with Crippen LogP contribution in [0.2, 0.25) is 0 Å². The summed E-state index contributed by atoms with van der Waals surface area (Å²) in [5, 5.41) is 0. The number of alkyl halides is 7. The van der Waals surface area contributed by atoms with E-state index in [0.29, 0.717) is 18.2 Å². The first-order chi connectivity index (χ1) is 16.9. The van der Waals surface area contributed by atoms with Gasteiger partial charge in [-0.25, -0.2) is 12.8 Å². The molecular formula is C22H18F7N3O4S. The Morgan fingerprint density at radius 2 is 1.81 bits per heavy atom. The Morgan fingerprint density at radius 1 is 1.14 bits per heavy atom. The molecule has 1 unspecified atom stereocenters. The molecule has 0 saturated carbocycles. The van der Waals surface area contributed by atoms with Crippen LogP contribution in [0.3, 0.4) is 0 Å². The van der Waals surface area contributed by atoms with E-state index in [1.54, 1.807) is 0 Å². The summed E-state index contributed by atoms with van der Waals surface area (Å²) in [6.07, 6.45) is -7.56. The highest BCUT2D eigenvalue weighted by Crippen LogP contribution is 2.48. The van der Waals surface area contributed by atoms with Crippen molar-refractivity contribution in [1.82, 2.24) is 15.4 Å². The zero-order valence-corrected chi connectivity index (χ0v) is 19.6. The van der Waals surface area contributed by atoms with E-state index in [-0.39, 0.29) is 17.0 Å². The first kappa shape index (κ1) is 26.9. The molecule has 37 heavy (non-hydrogen) atoms. The van der Waals surface area contributed by atoms with Crippen molar-refractivity contribution < 1.29 is 48.8 Å². The number of hydrogen-bond donors (Lipinski definition) is 1. The zero-order chi connectivity index (χ0) is 27.4. The average Bonchev–Trinajstić information content (AvgIpc) is 3.22. The maximum atomic E-state index is 15.1. The smallest absolute Gasteiger partial charge is 0.334 e. The van der Waals surface area contributed by atoms with Gasteiger partial charge in [0.25, 0.3) is 0 Å². The van der Waals surface area contributed by atoms with Crippen LogP contribution < -0.4 is 5.48 Å². The van der Waals surface area contributed by atoms with Gasteiger partial charge in [-0.2, -0.15) is 26.3 Å². The van der Waals surface area contributed by atoms with Crippen molar-refractivity contribution in [2.24, 2.45) is 0 Å². The van der Waals surface area contributed by atoms with Crippen LogP contribution in [0.1, 0.15) is 22.4 Å². The van der Waals surface area contributed by atoms with Crippen LogP contribution in [0, 0.1) is 0 Å². The van der Waals surface area contributed by atoms with E-state index in [1.807, 2.05) is 0 Å². The SMILES string of the molecule is CS(=O)(=O)CC(=O)N1CC(F)(c2ccc(C3=CC(c4cccc(C(F)(F)F)c4)(C(F)(F)F)ON3)cn2)C1. The zero-order valence-electron chi connectivity index (χ0n) is 18.8. The molecular weight excluding hydrogens is 535 g/mol. The third kappa shape index (κ3) is 5.14. The number of likely N-dealkylation sites (tertiary alicyclic amines) is 1. The molecule has 200 valence electrons. The second-order valence-corrected chi connectivity index (χ2v) is 10.9. The fourth-order valence-corrected chi connectivity index (χ4v) is 4.57. The summed E-state index contributed by atoms with van der Waals surface area (Å²) in [4.78, 5) is 21.6. The molecule has 0 bridgehead atoms. The summed E-state index contributed by atoms with van der Waals surface area (Å²) in [7, 11) is -3.60. The molecule has 15 heteroatoms. The Morgan fingerprint density at radius 3 is 2.35 bits per heavy atom. The third-order valence-electron chi connectivity index (χ3n) is 5.86. The molecule has 1 fully saturated rings. The number of nitrogens with one attached hydrogen (secondary N) is 1. The number of amides is 1. The van der Waals surface area contributed by atoms with Crippen LogP contribution in [0.25, 0.3) is 5.70 Å². The van der Waals surface area contributed by atoms with E-state index in [9.17, 15) is 39.6 Å². The number of carbonyl (C=O) groups is 1. The van der Waals surface area contributed by atoms with Gasteiger partial charge in [0.2, 0.25) is 11.5 Å². The van der Waals surface area contributed by atoms with E-state index in [2.05, 4.69) is 10.5 Å². The summed E-state index contributed by atoms with van der Waals surface area (Å²) < 4.78 is 119. The largest absolute Gasteiger partial charge is 0.428 e. The lowest BCUT2D eigenvalue weighted by Crippen LogP contribution is -2.60. The molecule has 1 atom stereocenters. The minimum absolute atomic E-state index is 0.0229. The standard InChI is InChI=1S/C22H18F7N3O4S/c1-37(34,35)10-18(33)32-11-19(23,12-32)17-6-5-13(9-30-17)16-8-20(36-31-16,22(27,28)29)14-3-2-4-15(7-14)21(24,25)26/h2-9,31H,10-12H2,1H3. The number of sulfone groups is 1. The number of pyridine rings is 1. The first-order valence-corrected chi connectivity index (χ1v) is 12.5. The highest BCUT2D eigenvalue weighted by atomic mass is 32.2. The van der Waals surface area contributed by atoms with Crippen molar-refractivity contribution in [1.29, 1.82) is 0 Å². The number of halogens is 7. The molecule has 1 N–H and O–H groups in total. The normalized spacial score (nSPS) is 21.7. The second kappa shape index (κ2) is 8.68. The summed E-state index contributed by atoms with van der Waals surface area (Å²) >= 11 is 0. The Kier molecular flexibility index (Phi) is 6.30. The second-order valence-electron chi connectivity index (χ2n) is 8.79. The van der Waals surface area contributed by atoms with Crippen LogP contribution in [0.4, 0.5) is 30.7 Å². The van der Waals surface area contributed by atoms with Crippen molar-refractivity contribution in [3.05, 3.63) is 71.1 Å². The van der Waals surface area contributed by atoms with Gasteiger partial charge in [0, 0.05) is 23.6 Å². The number of nitrogens with zero attached hydrogens (tertiary/aromatic N) is 2. The summed E-state index contributed by atoms with van der Waals surface area (Å²) in [5.41, 5.74) is -5.73. The summed E-state index contributed by atoms with van der Waals surface area (Å²) in [6, 6.07) is 5.06. The van der Waals surface area contributed by atoms with Crippen molar-refractivity contribution in [2.45, 2.75) is 23.6 Å². The molecule has 1 aromatic carbocycles. The quantitative estimate of drug-likeness (QED) is 0.571. The molecule has 0 spiro atoms. The highest BCUT2D eigenvalue weighted by molar-refractivity contribution is 7.91. The van der Waals surface area contributed by atoms with E-state index in [0.717, 1.165) is 29.5 Å².